The minimum Gasteiger partial charge on any atom is -0.383 e. The second-order valence-electron chi connectivity index (χ2n) is 4.15. The second-order valence-corrected chi connectivity index (χ2v) is 4.15. The molecule has 0 aliphatic rings. The summed E-state index contributed by atoms with van der Waals surface area (Å²) in [6, 6.07) is 1.94. The predicted octanol–water partition coefficient (Wildman–Crippen LogP) is 1.92. The summed E-state index contributed by atoms with van der Waals surface area (Å²) >= 11 is 0. The third-order valence-electron chi connectivity index (χ3n) is 2.55. The molecule has 0 aliphatic carbocycles. The van der Waals surface area contributed by atoms with E-state index in [-0.39, 0.29) is 0 Å². The van der Waals surface area contributed by atoms with Gasteiger partial charge in [0.2, 0.25) is 5.95 Å². The monoisotopic (exact) mass is 247 g/mol. The molecule has 2 aromatic rings. The van der Waals surface area contributed by atoms with Gasteiger partial charge in [-0.25, -0.2) is 4.98 Å². The molecular formula is C12H17N5O. The first-order valence-electron chi connectivity index (χ1n) is 5.96. The van der Waals surface area contributed by atoms with Crippen molar-refractivity contribution in [2.24, 2.45) is 0 Å². The number of anilines is 2. The van der Waals surface area contributed by atoms with Gasteiger partial charge in [-0.2, -0.15) is 4.98 Å². The van der Waals surface area contributed by atoms with Crippen LogP contribution in [-0.4, -0.2) is 15.1 Å². The van der Waals surface area contributed by atoms with Gasteiger partial charge >= 0.3 is 0 Å². The van der Waals surface area contributed by atoms with Gasteiger partial charge in [0.05, 0.1) is 12.2 Å². The normalized spacial score (nSPS) is 10.6. The zero-order valence-corrected chi connectivity index (χ0v) is 10.6. The molecule has 6 heteroatoms. The van der Waals surface area contributed by atoms with E-state index < -0.39 is 0 Å². The first-order chi connectivity index (χ1) is 8.69. The summed E-state index contributed by atoms with van der Waals surface area (Å²) in [5, 5.41) is 7.02. The van der Waals surface area contributed by atoms with Gasteiger partial charge in [-0.15, -0.1) is 0 Å². The molecule has 0 atom stereocenters. The molecule has 0 saturated carbocycles. The van der Waals surface area contributed by atoms with Gasteiger partial charge in [0.25, 0.3) is 0 Å². The van der Waals surface area contributed by atoms with E-state index in [0.29, 0.717) is 18.3 Å². The highest BCUT2D eigenvalue weighted by atomic mass is 16.5. The van der Waals surface area contributed by atoms with Gasteiger partial charge in [-0.3, -0.25) is 0 Å². The highest BCUT2D eigenvalue weighted by Gasteiger charge is 2.05. The average Bonchev–Trinajstić information content (AvgIpc) is 2.79. The van der Waals surface area contributed by atoms with Gasteiger partial charge in [0, 0.05) is 17.8 Å². The lowest BCUT2D eigenvalue weighted by Crippen LogP contribution is -2.05. The van der Waals surface area contributed by atoms with Crippen LogP contribution in [0.4, 0.5) is 11.8 Å². The maximum absolute atomic E-state index is 5.71. The number of nitrogens with zero attached hydrogens (tertiary/aromatic N) is 3. The minimum atomic E-state index is 0.483. The summed E-state index contributed by atoms with van der Waals surface area (Å²) in [6.45, 7) is 4.47. The molecule has 6 nitrogen and oxygen atoms in total. The fourth-order valence-corrected chi connectivity index (χ4v) is 1.52. The highest BCUT2D eigenvalue weighted by Crippen LogP contribution is 2.10. The summed E-state index contributed by atoms with van der Waals surface area (Å²) < 4.78 is 5.19. The molecular weight excluding hydrogens is 230 g/mol. The maximum atomic E-state index is 5.71. The van der Waals surface area contributed by atoms with Crippen molar-refractivity contribution >= 4 is 11.8 Å². The van der Waals surface area contributed by atoms with Crippen LogP contribution < -0.4 is 11.1 Å². The Labute approximate surface area is 106 Å². The van der Waals surface area contributed by atoms with Gasteiger partial charge in [-0.05, 0) is 13.3 Å². The number of nitrogens with two attached hydrogens (primary N) is 1. The van der Waals surface area contributed by atoms with E-state index in [1.807, 2.05) is 13.0 Å². The Kier molecular flexibility index (Phi) is 3.76. The van der Waals surface area contributed by atoms with Crippen LogP contribution in [0.3, 0.4) is 0 Å². The zero-order chi connectivity index (χ0) is 13.0. The van der Waals surface area contributed by atoms with Gasteiger partial charge < -0.3 is 15.6 Å². The van der Waals surface area contributed by atoms with Crippen molar-refractivity contribution in [2.75, 3.05) is 11.1 Å². The number of nitrogen functional groups attached to an aromatic ring is 1. The van der Waals surface area contributed by atoms with E-state index >= 15 is 0 Å². The minimum absolute atomic E-state index is 0.483. The SMILES string of the molecule is CCCc1cc(CNc2ncc(C)c(N)n2)on1. The summed E-state index contributed by atoms with van der Waals surface area (Å²) in [6.07, 6.45) is 3.67. The van der Waals surface area contributed by atoms with Crippen LogP contribution in [0.5, 0.6) is 0 Å². The van der Waals surface area contributed by atoms with Crippen LogP contribution in [0.25, 0.3) is 0 Å². The van der Waals surface area contributed by atoms with Gasteiger partial charge in [0.15, 0.2) is 5.76 Å². The molecule has 96 valence electrons. The first kappa shape index (κ1) is 12.3. The van der Waals surface area contributed by atoms with Crippen molar-refractivity contribution < 1.29 is 4.52 Å². The Morgan fingerprint density at radius 1 is 1.44 bits per heavy atom. The van der Waals surface area contributed by atoms with E-state index in [1.165, 1.54) is 0 Å². The van der Waals surface area contributed by atoms with Crippen LogP contribution >= 0.6 is 0 Å². The molecule has 0 amide bonds. The average molecular weight is 247 g/mol. The van der Waals surface area contributed by atoms with Crippen LogP contribution in [0.15, 0.2) is 16.8 Å². The van der Waals surface area contributed by atoms with Crippen LogP contribution in [0.2, 0.25) is 0 Å². The number of aromatic nitrogens is 3. The van der Waals surface area contributed by atoms with E-state index in [2.05, 4.69) is 27.4 Å². The molecule has 2 aromatic heterocycles. The molecule has 0 fully saturated rings. The largest absolute Gasteiger partial charge is 0.383 e. The third kappa shape index (κ3) is 2.97. The lowest BCUT2D eigenvalue weighted by Gasteiger charge is -2.03. The molecule has 18 heavy (non-hydrogen) atoms. The van der Waals surface area contributed by atoms with E-state index in [1.54, 1.807) is 6.20 Å². The molecule has 2 rings (SSSR count). The molecule has 3 N–H and O–H groups in total. The first-order valence-corrected chi connectivity index (χ1v) is 5.96. The Morgan fingerprint density at radius 3 is 3.00 bits per heavy atom. The Hall–Kier alpha value is -2.11. The van der Waals surface area contributed by atoms with E-state index in [4.69, 9.17) is 10.3 Å². The number of hydrogen-bond donors (Lipinski definition) is 2. The summed E-state index contributed by atoms with van der Waals surface area (Å²) in [5.41, 5.74) is 7.54. The topological polar surface area (TPSA) is 89.9 Å². The number of rotatable bonds is 5. The lowest BCUT2D eigenvalue weighted by atomic mass is 10.2. The number of aryl methyl sites for hydroxylation is 2. The van der Waals surface area contributed by atoms with Crippen LogP contribution in [-0.2, 0) is 13.0 Å². The van der Waals surface area contributed by atoms with Crippen molar-refractivity contribution in [2.45, 2.75) is 33.2 Å². The molecule has 0 aromatic carbocycles. The van der Waals surface area contributed by atoms with Gasteiger partial charge in [0.1, 0.15) is 5.82 Å². The quantitative estimate of drug-likeness (QED) is 0.839. The fraction of sp³-hybridized carbons (Fsp3) is 0.417. The molecule has 0 radical (unpaired) electrons. The Morgan fingerprint density at radius 2 is 2.28 bits per heavy atom. The lowest BCUT2D eigenvalue weighted by molar-refractivity contribution is 0.381. The molecule has 0 bridgehead atoms. The van der Waals surface area contributed by atoms with Gasteiger partial charge in [-0.1, -0.05) is 18.5 Å². The van der Waals surface area contributed by atoms with Crippen molar-refractivity contribution in [3.05, 3.63) is 29.3 Å². The Balaban J connectivity index is 1.95. The molecule has 0 unspecified atom stereocenters. The van der Waals surface area contributed by atoms with E-state index in [0.717, 1.165) is 29.9 Å². The number of hydrogen-bond acceptors (Lipinski definition) is 6. The summed E-state index contributed by atoms with van der Waals surface area (Å²) in [7, 11) is 0. The molecule has 0 saturated heterocycles. The summed E-state index contributed by atoms with van der Waals surface area (Å²) in [4.78, 5) is 8.26. The Bertz CT molecular complexity index is 523. The van der Waals surface area contributed by atoms with Crippen LogP contribution in [0, 0.1) is 6.92 Å². The summed E-state index contributed by atoms with van der Waals surface area (Å²) in [5.74, 6) is 1.74. The highest BCUT2D eigenvalue weighted by molar-refractivity contribution is 5.42. The molecule has 0 aliphatic heterocycles. The van der Waals surface area contributed by atoms with Crippen molar-refractivity contribution in [1.29, 1.82) is 0 Å². The standard InChI is InChI=1S/C12H17N5O/c1-3-4-9-5-10(18-17-9)7-15-12-14-6-8(2)11(13)16-12/h5-6H,3-4,7H2,1-2H3,(H3,13,14,15,16). The van der Waals surface area contributed by atoms with Crippen molar-refractivity contribution in [1.82, 2.24) is 15.1 Å². The smallest absolute Gasteiger partial charge is 0.224 e. The van der Waals surface area contributed by atoms with Crippen molar-refractivity contribution in [3.8, 4) is 0 Å². The third-order valence-corrected chi connectivity index (χ3v) is 2.55. The fourth-order valence-electron chi connectivity index (χ4n) is 1.52. The van der Waals surface area contributed by atoms with Crippen molar-refractivity contribution in [3.63, 3.8) is 0 Å². The second kappa shape index (κ2) is 5.48. The molecule has 0 spiro atoms. The maximum Gasteiger partial charge on any atom is 0.224 e. The zero-order valence-electron chi connectivity index (χ0n) is 10.6. The number of nitrogens with one attached hydrogen (secondary N) is 1. The predicted molar refractivity (Wildman–Crippen MR) is 69.0 cm³/mol. The van der Waals surface area contributed by atoms with Crippen LogP contribution in [0.1, 0.15) is 30.4 Å². The van der Waals surface area contributed by atoms with E-state index in [9.17, 15) is 0 Å². The molecule has 2 heterocycles.